The highest BCUT2D eigenvalue weighted by Gasteiger charge is 2.15. The number of aromatic amines is 1. The number of para-hydroxylation sites is 2. The molecule has 0 fully saturated rings. The summed E-state index contributed by atoms with van der Waals surface area (Å²) >= 11 is 0. The van der Waals surface area contributed by atoms with E-state index in [1.165, 1.54) is 18.6 Å². The van der Waals surface area contributed by atoms with E-state index in [0.717, 1.165) is 11.0 Å². The Morgan fingerprint density at radius 1 is 1.30 bits per heavy atom. The van der Waals surface area contributed by atoms with Crippen molar-refractivity contribution in [2.24, 2.45) is 0 Å². The fourth-order valence-electron chi connectivity index (χ4n) is 1.93. The first-order valence-electron chi connectivity index (χ1n) is 6.25. The van der Waals surface area contributed by atoms with Crippen LogP contribution in [0.4, 0.5) is 0 Å². The number of imidazole rings is 1. The van der Waals surface area contributed by atoms with Crippen LogP contribution in [-0.4, -0.2) is 25.8 Å². The number of carbonyl (C=O) groups excluding carboxylic acids is 1. The number of hydrogen-bond acceptors (Lipinski definition) is 4. The maximum Gasteiger partial charge on any atom is 0.272 e. The third-order valence-electron chi connectivity index (χ3n) is 2.96. The van der Waals surface area contributed by atoms with E-state index < -0.39 is 0 Å². The summed E-state index contributed by atoms with van der Waals surface area (Å²) in [6.45, 7) is 1.87. The molecule has 1 unspecified atom stereocenters. The zero-order valence-corrected chi connectivity index (χ0v) is 10.9. The number of carbonyl (C=O) groups is 1. The summed E-state index contributed by atoms with van der Waals surface area (Å²) < 4.78 is 0. The average Bonchev–Trinajstić information content (AvgIpc) is 2.92. The predicted octanol–water partition coefficient (Wildman–Crippen LogP) is 1.84. The maximum atomic E-state index is 12.0. The van der Waals surface area contributed by atoms with E-state index in [4.69, 9.17) is 0 Å². The van der Waals surface area contributed by atoms with Gasteiger partial charge in [-0.05, 0) is 19.1 Å². The van der Waals surface area contributed by atoms with E-state index in [1.807, 2.05) is 31.2 Å². The molecule has 0 spiro atoms. The first-order chi connectivity index (χ1) is 9.74. The van der Waals surface area contributed by atoms with Gasteiger partial charge in [-0.2, -0.15) is 0 Å². The third kappa shape index (κ3) is 2.35. The molecule has 3 aromatic rings. The Bertz CT molecular complexity index is 704. The van der Waals surface area contributed by atoms with Crippen LogP contribution in [0.2, 0.25) is 0 Å². The minimum absolute atomic E-state index is 0.239. The van der Waals surface area contributed by atoms with Gasteiger partial charge < -0.3 is 10.3 Å². The molecular weight excluding hydrogens is 254 g/mol. The monoisotopic (exact) mass is 267 g/mol. The van der Waals surface area contributed by atoms with Crippen molar-refractivity contribution in [2.45, 2.75) is 13.0 Å². The summed E-state index contributed by atoms with van der Waals surface area (Å²) in [6, 6.07) is 7.50. The van der Waals surface area contributed by atoms with E-state index >= 15 is 0 Å². The number of aromatic nitrogens is 4. The number of fused-ring (bicyclic) bond motifs is 1. The SMILES string of the molecule is CC(NC(=O)c1cnccn1)c1nc2ccccc2[nH]1. The van der Waals surface area contributed by atoms with Gasteiger partial charge in [0, 0.05) is 12.4 Å². The van der Waals surface area contributed by atoms with Crippen LogP contribution < -0.4 is 5.32 Å². The van der Waals surface area contributed by atoms with Crippen molar-refractivity contribution in [2.75, 3.05) is 0 Å². The van der Waals surface area contributed by atoms with Crippen LogP contribution in [0.15, 0.2) is 42.9 Å². The first kappa shape index (κ1) is 12.3. The molecule has 6 nitrogen and oxygen atoms in total. The molecule has 1 aromatic carbocycles. The smallest absolute Gasteiger partial charge is 0.272 e. The largest absolute Gasteiger partial charge is 0.341 e. The Labute approximate surface area is 115 Å². The third-order valence-corrected chi connectivity index (χ3v) is 2.96. The number of amides is 1. The lowest BCUT2D eigenvalue weighted by molar-refractivity contribution is 0.0933. The van der Waals surface area contributed by atoms with Crippen molar-refractivity contribution >= 4 is 16.9 Å². The van der Waals surface area contributed by atoms with Gasteiger partial charge in [0.15, 0.2) is 0 Å². The second kappa shape index (κ2) is 5.08. The molecule has 0 aliphatic carbocycles. The maximum absolute atomic E-state index is 12.0. The van der Waals surface area contributed by atoms with Crippen molar-refractivity contribution in [3.05, 3.63) is 54.4 Å². The Kier molecular flexibility index (Phi) is 3.12. The Hall–Kier alpha value is -2.76. The summed E-state index contributed by atoms with van der Waals surface area (Å²) in [5.41, 5.74) is 2.11. The van der Waals surface area contributed by atoms with Crippen LogP contribution in [0.3, 0.4) is 0 Å². The molecule has 0 saturated carbocycles. The van der Waals surface area contributed by atoms with Crippen LogP contribution in [0, 0.1) is 0 Å². The predicted molar refractivity (Wildman–Crippen MR) is 74.0 cm³/mol. The van der Waals surface area contributed by atoms with Gasteiger partial charge in [-0.25, -0.2) is 9.97 Å². The highest BCUT2D eigenvalue weighted by atomic mass is 16.1. The zero-order valence-electron chi connectivity index (χ0n) is 10.9. The highest BCUT2D eigenvalue weighted by Crippen LogP contribution is 2.15. The zero-order chi connectivity index (χ0) is 13.9. The lowest BCUT2D eigenvalue weighted by Gasteiger charge is -2.10. The first-order valence-corrected chi connectivity index (χ1v) is 6.25. The lowest BCUT2D eigenvalue weighted by atomic mass is 10.3. The van der Waals surface area contributed by atoms with E-state index in [9.17, 15) is 4.79 Å². The quantitative estimate of drug-likeness (QED) is 0.758. The topological polar surface area (TPSA) is 83.6 Å². The van der Waals surface area contributed by atoms with Crippen LogP contribution in [0.1, 0.15) is 29.3 Å². The Morgan fingerprint density at radius 2 is 2.15 bits per heavy atom. The van der Waals surface area contributed by atoms with Gasteiger partial charge in [0.1, 0.15) is 11.5 Å². The fourth-order valence-corrected chi connectivity index (χ4v) is 1.93. The summed E-state index contributed by atoms with van der Waals surface area (Å²) in [4.78, 5) is 27.5. The molecule has 1 amide bonds. The summed E-state index contributed by atoms with van der Waals surface area (Å²) in [6.07, 6.45) is 4.45. The summed E-state index contributed by atoms with van der Waals surface area (Å²) in [5.74, 6) is 0.439. The number of nitrogens with zero attached hydrogens (tertiary/aromatic N) is 3. The molecule has 0 aliphatic rings. The Balaban J connectivity index is 1.79. The van der Waals surface area contributed by atoms with Crippen LogP contribution in [-0.2, 0) is 0 Å². The van der Waals surface area contributed by atoms with Gasteiger partial charge in [0.25, 0.3) is 5.91 Å². The molecule has 0 saturated heterocycles. The van der Waals surface area contributed by atoms with Gasteiger partial charge in [0.2, 0.25) is 0 Å². The number of nitrogens with one attached hydrogen (secondary N) is 2. The van der Waals surface area contributed by atoms with Crippen molar-refractivity contribution in [3.63, 3.8) is 0 Å². The minimum Gasteiger partial charge on any atom is -0.341 e. The van der Waals surface area contributed by atoms with Gasteiger partial charge in [-0.15, -0.1) is 0 Å². The second-order valence-corrected chi connectivity index (χ2v) is 4.42. The molecule has 0 radical (unpaired) electrons. The number of benzene rings is 1. The van der Waals surface area contributed by atoms with Crippen molar-refractivity contribution in [1.82, 2.24) is 25.3 Å². The minimum atomic E-state index is -0.272. The van der Waals surface area contributed by atoms with E-state index in [-0.39, 0.29) is 17.6 Å². The molecule has 0 bridgehead atoms. The molecule has 0 aliphatic heterocycles. The Morgan fingerprint density at radius 3 is 2.90 bits per heavy atom. The van der Waals surface area contributed by atoms with Crippen molar-refractivity contribution in [1.29, 1.82) is 0 Å². The van der Waals surface area contributed by atoms with Crippen molar-refractivity contribution < 1.29 is 4.79 Å². The molecule has 1 atom stereocenters. The highest BCUT2D eigenvalue weighted by molar-refractivity contribution is 5.92. The van der Waals surface area contributed by atoms with Crippen molar-refractivity contribution in [3.8, 4) is 0 Å². The van der Waals surface area contributed by atoms with Crippen LogP contribution in [0.25, 0.3) is 11.0 Å². The number of H-pyrrole nitrogens is 1. The molecule has 6 heteroatoms. The van der Waals surface area contributed by atoms with Gasteiger partial charge >= 0.3 is 0 Å². The molecule has 2 aromatic heterocycles. The number of hydrogen-bond donors (Lipinski definition) is 2. The molecule has 2 N–H and O–H groups in total. The second-order valence-electron chi connectivity index (χ2n) is 4.42. The molecular formula is C14H13N5O. The normalized spacial score (nSPS) is 12.2. The summed E-state index contributed by atoms with van der Waals surface area (Å²) in [5, 5.41) is 2.84. The standard InChI is InChI=1S/C14H13N5O/c1-9(17-14(20)12-8-15-6-7-16-12)13-18-10-4-2-3-5-11(10)19-13/h2-9H,1H3,(H,17,20)(H,18,19). The van der Waals surface area contributed by atoms with E-state index in [1.54, 1.807) is 0 Å². The fraction of sp³-hybridized carbons (Fsp3) is 0.143. The molecule has 20 heavy (non-hydrogen) atoms. The lowest BCUT2D eigenvalue weighted by Crippen LogP contribution is -2.28. The van der Waals surface area contributed by atoms with Gasteiger partial charge in [0.05, 0.1) is 23.3 Å². The van der Waals surface area contributed by atoms with E-state index in [0.29, 0.717) is 5.82 Å². The summed E-state index contributed by atoms with van der Waals surface area (Å²) in [7, 11) is 0. The molecule has 2 heterocycles. The molecule has 100 valence electrons. The average molecular weight is 267 g/mol. The van der Waals surface area contributed by atoms with Gasteiger partial charge in [-0.3, -0.25) is 9.78 Å². The van der Waals surface area contributed by atoms with E-state index in [2.05, 4.69) is 25.3 Å². The number of rotatable bonds is 3. The van der Waals surface area contributed by atoms with Crippen LogP contribution >= 0.6 is 0 Å². The van der Waals surface area contributed by atoms with Crippen LogP contribution in [0.5, 0.6) is 0 Å². The van der Waals surface area contributed by atoms with Gasteiger partial charge in [-0.1, -0.05) is 12.1 Å². The molecule has 3 rings (SSSR count).